The van der Waals surface area contributed by atoms with Crippen LogP contribution in [0.25, 0.3) is 0 Å². The molecule has 0 aliphatic carbocycles. The highest BCUT2D eigenvalue weighted by atomic mass is 28.4. The molecular formula is C11H27NO2Si. The van der Waals surface area contributed by atoms with Gasteiger partial charge in [-0.05, 0) is 53.5 Å². The van der Waals surface area contributed by atoms with Crippen molar-refractivity contribution in [2.45, 2.75) is 39.3 Å². The third kappa shape index (κ3) is 7.96. The monoisotopic (exact) mass is 233 g/mol. The van der Waals surface area contributed by atoms with Crippen molar-refractivity contribution < 1.29 is 8.85 Å². The van der Waals surface area contributed by atoms with Crippen LogP contribution in [-0.4, -0.2) is 47.3 Å². The highest BCUT2D eigenvalue weighted by Crippen LogP contribution is 2.17. The zero-order valence-electron chi connectivity index (χ0n) is 11.0. The Morgan fingerprint density at radius 3 is 1.93 bits per heavy atom. The van der Waals surface area contributed by atoms with Crippen LogP contribution in [0, 0.1) is 0 Å². The molecule has 0 radical (unpaired) electrons. The van der Waals surface area contributed by atoms with Gasteiger partial charge < -0.3 is 13.8 Å². The molecule has 0 aromatic heterocycles. The summed E-state index contributed by atoms with van der Waals surface area (Å²) in [6, 6.07) is 1.11. The Hall–Kier alpha value is 0.0969. The van der Waals surface area contributed by atoms with Crippen LogP contribution in [0.5, 0.6) is 0 Å². The molecule has 0 bridgehead atoms. The Balaban J connectivity index is 3.75. The van der Waals surface area contributed by atoms with Gasteiger partial charge in [0.05, 0.1) is 0 Å². The quantitative estimate of drug-likeness (QED) is 0.451. The maximum atomic E-state index is 5.78. The summed E-state index contributed by atoms with van der Waals surface area (Å²) >= 11 is 0. The van der Waals surface area contributed by atoms with E-state index in [-0.39, 0.29) is 0 Å². The first-order valence-corrected chi connectivity index (χ1v) is 8.49. The molecule has 0 N–H and O–H groups in total. The highest BCUT2D eigenvalue weighted by Gasteiger charge is 2.29. The summed E-state index contributed by atoms with van der Waals surface area (Å²) in [4.78, 5) is 2.22. The van der Waals surface area contributed by atoms with Gasteiger partial charge in [-0.2, -0.15) is 0 Å². The second kappa shape index (κ2) is 8.27. The van der Waals surface area contributed by atoms with Crippen LogP contribution in [0.1, 0.15) is 26.7 Å². The standard InChI is InChI=1S/C11H27NO2Si/c1-6-13-15(5,14-7-2)11-9-8-10-12(3)4/h6-11H2,1-5H3. The second-order valence-corrected chi connectivity index (χ2v) is 7.61. The summed E-state index contributed by atoms with van der Waals surface area (Å²) in [7, 11) is 2.39. The maximum absolute atomic E-state index is 5.78. The molecule has 3 nitrogen and oxygen atoms in total. The van der Waals surface area contributed by atoms with Gasteiger partial charge in [0.15, 0.2) is 0 Å². The van der Waals surface area contributed by atoms with Crippen molar-refractivity contribution in [1.82, 2.24) is 4.90 Å². The van der Waals surface area contributed by atoms with E-state index in [2.05, 4.69) is 25.5 Å². The molecule has 0 fully saturated rings. The van der Waals surface area contributed by atoms with Gasteiger partial charge in [0, 0.05) is 13.2 Å². The van der Waals surface area contributed by atoms with Crippen LogP contribution in [0.15, 0.2) is 0 Å². The van der Waals surface area contributed by atoms with Crippen molar-refractivity contribution in [1.29, 1.82) is 0 Å². The summed E-state index contributed by atoms with van der Waals surface area (Å²) in [6.45, 7) is 8.97. The van der Waals surface area contributed by atoms with E-state index in [1.807, 2.05) is 13.8 Å². The molecule has 0 aliphatic rings. The summed E-state index contributed by atoms with van der Waals surface area (Å²) in [5, 5.41) is 0. The van der Waals surface area contributed by atoms with Gasteiger partial charge in [-0.3, -0.25) is 0 Å². The maximum Gasteiger partial charge on any atom is 0.334 e. The minimum Gasteiger partial charge on any atom is -0.395 e. The molecule has 0 saturated carbocycles. The fourth-order valence-electron chi connectivity index (χ4n) is 1.67. The summed E-state index contributed by atoms with van der Waals surface area (Å²) < 4.78 is 11.6. The fourth-order valence-corrected chi connectivity index (χ4v) is 4.16. The van der Waals surface area contributed by atoms with E-state index < -0.39 is 8.56 Å². The van der Waals surface area contributed by atoms with Crippen molar-refractivity contribution >= 4 is 8.56 Å². The molecule has 0 saturated heterocycles. The molecule has 4 heteroatoms. The predicted molar refractivity (Wildman–Crippen MR) is 67.5 cm³/mol. The lowest BCUT2D eigenvalue weighted by Gasteiger charge is -2.26. The average Bonchev–Trinajstić information content (AvgIpc) is 2.13. The minimum atomic E-state index is -1.84. The van der Waals surface area contributed by atoms with Crippen LogP contribution in [0.2, 0.25) is 12.6 Å². The van der Waals surface area contributed by atoms with Crippen molar-refractivity contribution in [2.24, 2.45) is 0 Å². The highest BCUT2D eigenvalue weighted by molar-refractivity contribution is 6.66. The first kappa shape index (κ1) is 15.1. The number of hydrogen-bond donors (Lipinski definition) is 0. The zero-order chi connectivity index (χ0) is 11.7. The topological polar surface area (TPSA) is 21.7 Å². The molecule has 0 aliphatic heterocycles. The second-order valence-electron chi connectivity index (χ2n) is 4.26. The molecule has 0 spiro atoms. The van der Waals surface area contributed by atoms with Gasteiger partial charge in [0.2, 0.25) is 0 Å². The van der Waals surface area contributed by atoms with E-state index in [4.69, 9.17) is 8.85 Å². The summed E-state index contributed by atoms with van der Waals surface area (Å²) in [6.07, 6.45) is 2.44. The number of rotatable bonds is 9. The van der Waals surface area contributed by atoms with Gasteiger partial charge in [0.1, 0.15) is 0 Å². The lowest BCUT2D eigenvalue weighted by Crippen LogP contribution is -2.38. The van der Waals surface area contributed by atoms with Crippen molar-refractivity contribution in [3.8, 4) is 0 Å². The van der Waals surface area contributed by atoms with Gasteiger partial charge in [-0.1, -0.05) is 6.42 Å². The van der Waals surface area contributed by atoms with Gasteiger partial charge in [0.25, 0.3) is 0 Å². The Morgan fingerprint density at radius 1 is 1.00 bits per heavy atom. The molecule has 92 valence electrons. The van der Waals surface area contributed by atoms with E-state index >= 15 is 0 Å². The van der Waals surface area contributed by atoms with Crippen LogP contribution >= 0.6 is 0 Å². The molecule has 15 heavy (non-hydrogen) atoms. The molecular weight excluding hydrogens is 206 g/mol. The van der Waals surface area contributed by atoms with Crippen molar-refractivity contribution in [3.05, 3.63) is 0 Å². The van der Waals surface area contributed by atoms with Crippen LogP contribution < -0.4 is 0 Å². The normalized spacial score (nSPS) is 12.4. The van der Waals surface area contributed by atoms with Crippen LogP contribution in [0.3, 0.4) is 0 Å². The summed E-state index contributed by atoms with van der Waals surface area (Å²) in [5.74, 6) is 0. The Morgan fingerprint density at radius 2 is 1.53 bits per heavy atom. The third-order valence-electron chi connectivity index (χ3n) is 2.39. The molecule has 0 aromatic carbocycles. The first-order valence-electron chi connectivity index (χ1n) is 5.96. The van der Waals surface area contributed by atoms with Crippen LogP contribution in [0.4, 0.5) is 0 Å². The molecule has 0 heterocycles. The average molecular weight is 233 g/mol. The van der Waals surface area contributed by atoms with Gasteiger partial charge in [-0.25, -0.2) is 0 Å². The number of unbranched alkanes of at least 4 members (excludes halogenated alkanes) is 1. The fraction of sp³-hybridized carbons (Fsp3) is 1.00. The minimum absolute atomic E-state index is 0.774. The number of nitrogens with zero attached hydrogens (tertiary/aromatic N) is 1. The first-order chi connectivity index (χ1) is 7.04. The van der Waals surface area contributed by atoms with E-state index in [0.717, 1.165) is 25.8 Å². The SMILES string of the molecule is CCO[Si](C)(CCCCN(C)C)OCC. The molecule has 0 unspecified atom stereocenters. The van der Waals surface area contributed by atoms with Gasteiger partial charge in [-0.15, -0.1) is 0 Å². The zero-order valence-corrected chi connectivity index (χ0v) is 12.0. The molecule has 0 amide bonds. The van der Waals surface area contributed by atoms with E-state index in [1.54, 1.807) is 0 Å². The smallest absolute Gasteiger partial charge is 0.334 e. The predicted octanol–water partition coefficient (Wildman–Crippen LogP) is 2.47. The van der Waals surface area contributed by atoms with Gasteiger partial charge >= 0.3 is 8.56 Å². The Labute approximate surface area is 96.0 Å². The lowest BCUT2D eigenvalue weighted by molar-refractivity contribution is 0.187. The lowest BCUT2D eigenvalue weighted by atomic mass is 10.3. The van der Waals surface area contributed by atoms with Crippen LogP contribution in [-0.2, 0) is 8.85 Å². The molecule has 0 rings (SSSR count). The molecule has 0 atom stereocenters. The van der Waals surface area contributed by atoms with E-state index in [9.17, 15) is 0 Å². The van der Waals surface area contributed by atoms with E-state index in [0.29, 0.717) is 0 Å². The van der Waals surface area contributed by atoms with E-state index in [1.165, 1.54) is 12.8 Å². The van der Waals surface area contributed by atoms with Crippen molar-refractivity contribution in [2.75, 3.05) is 33.9 Å². The molecule has 0 aromatic rings. The third-order valence-corrected chi connectivity index (χ3v) is 5.45. The largest absolute Gasteiger partial charge is 0.395 e. The Bertz CT molecular complexity index is 148. The van der Waals surface area contributed by atoms with Crippen molar-refractivity contribution in [3.63, 3.8) is 0 Å². The Kier molecular flexibility index (Phi) is 8.33. The summed E-state index contributed by atoms with van der Waals surface area (Å²) in [5.41, 5.74) is 0. The number of hydrogen-bond acceptors (Lipinski definition) is 3.